The van der Waals surface area contributed by atoms with Crippen LogP contribution < -0.4 is 10.1 Å². The van der Waals surface area contributed by atoms with Crippen LogP contribution >= 0.6 is 11.6 Å². The van der Waals surface area contributed by atoms with Crippen molar-refractivity contribution in [3.8, 4) is 5.88 Å². The monoisotopic (exact) mass is 431 g/mol. The van der Waals surface area contributed by atoms with Crippen molar-refractivity contribution >= 4 is 17.5 Å². The Morgan fingerprint density at radius 1 is 1.20 bits per heavy atom. The van der Waals surface area contributed by atoms with Gasteiger partial charge in [0.25, 0.3) is 0 Å². The van der Waals surface area contributed by atoms with Crippen LogP contribution in [0.25, 0.3) is 0 Å². The minimum atomic E-state index is -0.395. The zero-order valence-electron chi connectivity index (χ0n) is 17.1. The van der Waals surface area contributed by atoms with Crippen LogP contribution in [0.1, 0.15) is 31.2 Å². The van der Waals surface area contributed by atoms with Gasteiger partial charge in [0, 0.05) is 41.9 Å². The second-order valence-electron chi connectivity index (χ2n) is 8.23. The highest BCUT2D eigenvalue weighted by atomic mass is 35.5. The van der Waals surface area contributed by atoms with Crippen LogP contribution in [0, 0.1) is 17.7 Å². The molecule has 30 heavy (non-hydrogen) atoms. The summed E-state index contributed by atoms with van der Waals surface area (Å²) in [6.07, 6.45) is 2.74. The number of carbonyl (C=O) groups is 1. The summed E-state index contributed by atoms with van der Waals surface area (Å²) in [7, 11) is 0. The molecule has 3 atom stereocenters. The van der Waals surface area contributed by atoms with E-state index in [1.807, 2.05) is 36.1 Å². The number of hydrogen-bond acceptors (Lipinski definition) is 4. The molecule has 7 heteroatoms. The average molecular weight is 432 g/mol. The molecule has 1 amide bonds. The molecular formula is C23H27ClFN3O2. The minimum absolute atomic E-state index is 0.0888. The van der Waals surface area contributed by atoms with E-state index in [9.17, 15) is 9.18 Å². The quantitative estimate of drug-likeness (QED) is 0.780. The number of likely N-dealkylation sites (tertiary alicyclic amines) is 1. The summed E-state index contributed by atoms with van der Waals surface area (Å²) in [5, 5.41) is 4.01. The van der Waals surface area contributed by atoms with Crippen molar-refractivity contribution in [1.82, 2.24) is 15.2 Å². The van der Waals surface area contributed by atoms with E-state index in [2.05, 4.69) is 10.3 Å². The predicted octanol–water partition coefficient (Wildman–Crippen LogP) is 3.88. The second kappa shape index (κ2) is 9.31. The molecule has 1 unspecified atom stereocenters. The normalized spacial score (nSPS) is 23.4. The number of rotatable bonds is 5. The van der Waals surface area contributed by atoms with Gasteiger partial charge in [-0.15, -0.1) is 0 Å². The van der Waals surface area contributed by atoms with Crippen LogP contribution in [-0.2, 0) is 4.79 Å². The molecule has 1 aromatic heterocycles. The zero-order chi connectivity index (χ0) is 21.1. The van der Waals surface area contributed by atoms with Gasteiger partial charge in [0.05, 0.1) is 6.20 Å². The van der Waals surface area contributed by atoms with Crippen molar-refractivity contribution in [2.24, 2.45) is 11.8 Å². The zero-order valence-corrected chi connectivity index (χ0v) is 17.8. The Hall–Kier alpha value is -2.18. The molecule has 2 saturated heterocycles. The SMILES string of the molecule is C[C@H](Oc1ccc(F)cn1)[C@H]1CN(C(=O)C2CCNCC2)CC1c1ccc(Cl)cc1. The summed E-state index contributed by atoms with van der Waals surface area (Å²) in [5.74, 6) is 0.568. The minimum Gasteiger partial charge on any atom is -0.474 e. The second-order valence-corrected chi connectivity index (χ2v) is 8.66. The summed E-state index contributed by atoms with van der Waals surface area (Å²) in [6, 6.07) is 10.7. The number of nitrogens with one attached hydrogen (secondary N) is 1. The van der Waals surface area contributed by atoms with Crippen LogP contribution in [-0.4, -0.2) is 48.1 Å². The topological polar surface area (TPSA) is 54.5 Å². The largest absolute Gasteiger partial charge is 0.474 e. The number of aromatic nitrogens is 1. The Labute approximate surface area is 181 Å². The van der Waals surface area contributed by atoms with E-state index < -0.39 is 5.82 Å². The van der Waals surface area contributed by atoms with Gasteiger partial charge < -0.3 is 15.0 Å². The number of piperidine rings is 1. The van der Waals surface area contributed by atoms with E-state index in [0.717, 1.165) is 37.7 Å². The Balaban J connectivity index is 1.53. The lowest BCUT2D eigenvalue weighted by atomic mass is 9.86. The van der Waals surface area contributed by atoms with Crippen LogP contribution in [0.3, 0.4) is 0 Å². The van der Waals surface area contributed by atoms with Gasteiger partial charge in [-0.1, -0.05) is 23.7 Å². The van der Waals surface area contributed by atoms with Gasteiger partial charge >= 0.3 is 0 Å². The lowest BCUT2D eigenvalue weighted by Crippen LogP contribution is -2.40. The van der Waals surface area contributed by atoms with Crippen LogP contribution in [0.2, 0.25) is 5.02 Å². The van der Waals surface area contributed by atoms with Crippen LogP contribution in [0.5, 0.6) is 5.88 Å². The summed E-state index contributed by atoms with van der Waals surface area (Å²) >= 11 is 6.08. The molecule has 0 spiro atoms. The van der Waals surface area contributed by atoms with Crippen molar-refractivity contribution in [3.05, 3.63) is 59.0 Å². The lowest BCUT2D eigenvalue weighted by Gasteiger charge is -2.27. The molecule has 0 aliphatic carbocycles. The number of amides is 1. The van der Waals surface area contributed by atoms with Gasteiger partial charge in [-0.2, -0.15) is 0 Å². The van der Waals surface area contributed by atoms with Crippen molar-refractivity contribution in [1.29, 1.82) is 0 Å². The fraction of sp³-hybridized carbons (Fsp3) is 0.478. The smallest absolute Gasteiger partial charge is 0.225 e. The van der Waals surface area contributed by atoms with Gasteiger partial charge in [-0.25, -0.2) is 9.37 Å². The predicted molar refractivity (Wildman–Crippen MR) is 114 cm³/mol. The molecule has 1 aromatic carbocycles. The van der Waals surface area contributed by atoms with Crippen molar-refractivity contribution in [2.75, 3.05) is 26.2 Å². The Morgan fingerprint density at radius 2 is 1.93 bits per heavy atom. The average Bonchev–Trinajstić information content (AvgIpc) is 3.21. The van der Waals surface area contributed by atoms with Gasteiger partial charge in [0.1, 0.15) is 11.9 Å². The fourth-order valence-electron chi connectivity index (χ4n) is 4.58. The maximum atomic E-state index is 13.2. The first-order chi connectivity index (χ1) is 14.5. The van der Waals surface area contributed by atoms with Gasteiger partial charge in [0.2, 0.25) is 11.8 Å². The number of ether oxygens (including phenoxy) is 1. The molecule has 0 saturated carbocycles. The maximum absolute atomic E-state index is 13.2. The molecule has 3 heterocycles. The molecule has 2 aromatic rings. The van der Waals surface area contributed by atoms with Gasteiger partial charge in [0.15, 0.2) is 0 Å². The third-order valence-corrected chi connectivity index (χ3v) is 6.53. The number of benzene rings is 1. The van der Waals surface area contributed by atoms with E-state index in [-0.39, 0.29) is 29.8 Å². The molecule has 5 nitrogen and oxygen atoms in total. The van der Waals surface area contributed by atoms with E-state index >= 15 is 0 Å². The number of halogens is 2. The molecule has 4 rings (SSSR count). The summed E-state index contributed by atoms with van der Waals surface area (Å²) in [5.41, 5.74) is 1.15. The molecule has 1 N–H and O–H groups in total. The Morgan fingerprint density at radius 3 is 2.60 bits per heavy atom. The van der Waals surface area contributed by atoms with Crippen LogP contribution in [0.4, 0.5) is 4.39 Å². The van der Waals surface area contributed by atoms with Crippen molar-refractivity contribution < 1.29 is 13.9 Å². The van der Waals surface area contributed by atoms with Gasteiger partial charge in [-0.3, -0.25) is 4.79 Å². The molecule has 160 valence electrons. The van der Waals surface area contributed by atoms with E-state index in [1.165, 1.54) is 12.1 Å². The first-order valence-corrected chi connectivity index (χ1v) is 10.9. The summed E-state index contributed by atoms with van der Waals surface area (Å²) in [4.78, 5) is 19.2. The summed E-state index contributed by atoms with van der Waals surface area (Å²) in [6.45, 7) is 5.09. The number of nitrogens with zero attached hydrogens (tertiary/aromatic N) is 2. The first kappa shape index (κ1) is 21.1. The maximum Gasteiger partial charge on any atom is 0.225 e. The Bertz CT molecular complexity index is 856. The van der Waals surface area contributed by atoms with Crippen molar-refractivity contribution in [3.63, 3.8) is 0 Å². The third kappa shape index (κ3) is 4.76. The van der Waals surface area contributed by atoms with Crippen molar-refractivity contribution in [2.45, 2.75) is 31.8 Å². The highest BCUT2D eigenvalue weighted by Gasteiger charge is 2.41. The lowest BCUT2D eigenvalue weighted by molar-refractivity contribution is -0.135. The number of pyridine rings is 1. The Kier molecular flexibility index (Phi) is 6.54. The number of hydrogen-bond donors (Lipinski definition) is 1. The van der Waals surface area contributed by atoms with E-state index in [4.69, 9.17) is 16.3 Å². The third-order valence-electron chi connectivity index (χ3n) is 6.27. The summed E-state index contributed by atoms with van der Waals surface area (Å²) < 4.78 is 19.2. The highest BCUT2D eigenvalue weighted by Crippen LogP contribution is 2.37. The standard InChI is InChI=1S/C23H27ClFN3O2/c1-15(30-22-7-6-19(25)12-27-22)20-13-28(23(29)17-8-10-26-11-9-17)14-21(20)16-2-4-18(24)5-3-16/h2-7,12,15,17,20-21,26H,8-11,13-14H2,1H3/t15-,20+,21?/m0/s1. The molecule has 0 radical (unpaired) electrons. The van der Waals surface area contributed by atoms with Crippen LogP contribution in [0.15, 0.2) is 42.6 Å². The van der Waals surface area contributed by atoms with E-state index in [1.54, 1.807) is 0 Å². The van der Waals surface area contributed by atoms with E-state index in [0.29, 0.717) is 24.0 Å². The molecule has 2 aliphatic heterocycles. The molecule has 0 bridgehead atoms. The first-order valence-electron chi connectivity index (χ1n) is 10.5. The number of carbonyl (C=O) groups excluding carboxylic acids is 1. The molecular weight excluding hydrogens is 405 g/mol. The van der Waals surface area contributed by atoms with Gasteiger partial charge in [-0.05, 0) is 56.6 Å². The fourth-order valence-corrected chi connectivity index (χ4v) is 4.71. The highest BCUT2D eigenvalue weighted by molar-refractivity contribution is 6.30. The molecule has 2 fully saturated rings. The molecule has 2 aliphatic rings.